The number of carbonyl (C=O) groups is 2. The van der Waals surface area contributed by atoms with Crippen LogP contribution in [0.4, 0.5) is 0 Å². The fourth-order valence-electron chi connectivity index (χ4n) is 4.08. The monoisotopic (exact) mass is 452 g/mol. The highest BCUT2D eigenvalue weighted by Gasteiger charge is 2.13. The fourth-order valence-corrected chi connectivity index (χ4v) is 4.08. The minimum atomic E-state index is -0.795. The Morgan fingerprint density at radius 3 is 2.56 bits per heavy atom. The van der Waals surface area contributed by atoms with Crippen LogP contribution in [-0.4, -0.2) is 26.0 Å². The number of ketones is 1. The Morgan fingerprint density at radius 2 is 1.79 bits per heavy atom. The van der Waals surface area contributed by atoms with Crippen LogP contribution < -0.4 is 0 Å². The number of benzene rings is 2. The van der Waals surface area contributed by atoms with Gasteiger partial charge >= 0.3 is 5.97 Å². The number of allylic oxidation sites excluding steroid dienone is 1. The van der Waals surface area contributed by atoms with E-state index in [2.05, 4.69) is 6.07 Å². The van der Waals surface area contributed by atoms with E-state index in [1.807, 2.05) is 108 Å². The maximum Gasteiger partial charge on any atom is 0.303 e. The molecule has 0 aliphatic heterocycles. The molecular formula is C29H28N2O3. The molecule has 4 rings (SSSR count). The molecule has 172 valence electrons. The van der Waals surface area contributed by atoms with Gasteiger partial charge in [-0.3, -0.25) is 9.59 Å². The largest absolute Gasteiger partial charge is 0.481 e. The predicted molar refractivity (Wildman–Crippen MR) is 135 cm³/mol. The standard InChI is InChI=1S/C29H28N2O3/c1-21-10-12-23(13-11-21)29(34)27-9-5-17-31(27)16-4-7-22-6-3-8-24(18-22)26-20-30(2)19-25(26)14-15-28(32)33/h3-13,17-20H,14-16H2,1-2H3,(H,32,33)/b7-4+. The van der Waals surface area contributed by atoms with Crippen LogP contribution in [0, 0.1) is 6.92 Å². The number of aromatic nitrogens is 2. The van der Waals surface area contributed by atoms with E-state index in [4.69, 9.17) is 5.11 Å². The van der Waals surface area contributed by atoms with Gasteiger partial charge in [-0.25, -0.2) is 0 Å². The smallest absolute Gasteiger partial charge is 0.303 e. The second-order valence-corrected chi connectivity index (χ2v) is 8.53. The highest BCUT2D eigenvalue weighted by molar-refractivity contribution is 6.08. The van der Waals surface area contributed by atoms with E-state index in [0.29, 0.717) is 24.2 Å². The molecule has 2 aromatic heterocycles. The molecule has 5 nitrogen and oxygen atoms in total. The lowest BCUT2D eigenvalue weighted by Crippen LogP contribution is -2.09. The number of carbonyl (C=O) groups excluding carboxylic acids is 1. The fraction of sp³-hybridized carbons (Fsp3) is 0.172. The van der Waals surface area contributed by atoms with Gasteiger partial charge in [-0.15, -0.1) is 0 Å². The molecule has 0 spiro atoms. The van der Waals surface area contributed by atoms with Crippen LogP contribution in [0.3, 0.4) is 0 Å². The van der Waals surface area contributed by atoms with Crippen molar-refractivity contribution in [1.82, 2.24) is 9.13 Å². The summed E-state index contributed by atoms with van der Waals surface area (Å²) in [5, 5.41) is 9.05. The molecular weight excluding hydrogens is 424 g/mol. The van der Waals surface area contributed by atoms with Crippen LogP contribution in [0.5, 0.6) is 0 Å². The van der Waals surface area contributed by atoms with Gasteiger partial charge in [0.15, 0.2) is 0 Å². The Kier molecular flexibility index (Phi) is 6.93. The first-order valence-corrected chi connectivity index (χ1v) is 11.3. The molecule has 0 saturated heterocycles. The van der Waals surface area contributed by atoms with Gasteiger partial charge in [0.2, 0.25) is 5.78 Å². The van der Waals surface area contributed by atoms with E-state index in [-0.39, 0.29) is 12.2 Å². The molecule has 1 N–H and O–H groups in total. The SMILES string of the molecule is Cc1ccc(C(=O)c2cccn2C/C=C/c2cccc(-c3cn(C)cc3CCC(=O)O)c2)cc1. The van der Waals surface area contributed by atoms with Gasteiger partial charge in [0.25, 0.3) is 0 Å². The van der Waals surface area contributed by atoms with Crippen LogP contribution in [0.1, 0.15) is 39.2 Å². The van der Waals surface area contributed by atoms with Gasteiger partial charge in [0, 0.05) is 49.7 Å². The number of carboxylic acids is 1. The van der Waals surface area contributed by atoms with Crippen LogP contribution in [0.15, 0.2) is 85.3 Å². The molecule has 2 aromatic carbocycles. The average molecular weight is 453 g/mol. The maximum atomic E-state index is 12.9. The zero-order chi connectivity index (χ0) is 24.1. The van der Waals surface area contributed by atoms with Crippen LogP contribution in [0.25, 0.3) is 17.2 Å². The number of carboxylic acid groups (broad SMARTS) is 1. The molecule has 0 aliphatic rings. The van der Waals surface area contributed by atoms with E-state index >= 15 is 0 Å². The van der Waals surface area contributed by atoms with E-state index in [1.54, 1.807) is 0 Å². The summed E-state index contributed by atoms with van der Waals surface area (Å²) >= 11 is 0. The first-order chi connectivity index (χ1) is 16.4. The first kappa shape index (κ1) is 23.1. The summed E-state index contributed by atoms with van der Waals surface area (Å²) in [6.45, 7) is 2.59. The van der Waals surface area contributed by atoms with E-state index in [0.717, 1.165) is 27.8 Å². The minimum absolute atomic E-state index is 0.0124. The van der Waals surface area contributed by atoms with Crippen molar-refractivity contribution in [3.8, 4) is 11.1 Å². The highest BCUT2D eigenvalue weighted by Crippen LogP contribution is 2.27. The van der Waals surface area contributed by atoms with Crippen molar-refractivity contribution < 1.29 is 14.7 Å². The van der Waals surface area contributed by atoms with Gasteiger partial charge in [0.05, 0.1) is 5.69 Å². The van der Waals surface area contributed by atoms with Gasteiger partial charge in [-0.05, 0) is 48.2 Å². The number of nitrogens with zero attached hydrogens (tertiary/aromatic N) is 2. The quantitative estimate of drug-likeness (QED) is 0.328. The van der Waals surface area contributed by atoms with Gasteiger partial charge in [-0.1, -0.05) is 60.2 Å². The Balaban J connectivity index is 1.49. The van der Waals surface area contributed by atoms with E-state index < -0.39 is 5.97 Å². The summed E-state index contributed by atoms with van der Waals surface area (Å²) in [7, 11) is 1.95. The summed E-state index contributed by atoms with van der Waals surface area (Å²) in [5.74, 6) is -0.782. The zero-order valence-corrected chi connectivity index (χ0v) is 19.4. The Hall–Kier alpha value is -4.12. The summed E-state index contributed by atoms with van der Waals surface area (Å²) in [6, 6.07) is 19.6. The van der Waals surface area contributed by atoms with E-state index in [1.165, 1.54) is 0 Å². The topological polar surface area (TPSA) is 64.2 Å². The molecule has 0 amide bonds. The average Bonchev–Trinajstić information content (AvgIpc) is 3.44. The van der Waals surface area contributed by atoms with Crippen molar-refractivity contribution in [3.05, 3.63) is 113 Å². The van der Waals surface area contributed by atoms with Crippen molar-refractivity contribution in [2.75, 3.05) is 0 Å². The number of aliphatic carboxylic acids is 1. The van der Waals surface area contributed by atoms with Crippen LogP contribution in [0.2, 0.25) is 0 Å². The van der Waals surface area contributed by atoms with Crippen molar-refractivity contribution in [2.24, 2.45) is 7.05 Å². The lowest BCUT2D eigenvalue weighted by molar-refractivity contribution is -0.136. The third kappa shape index (κ3) is 5.44. The number of hydrogen-bond acceptors (Lipinski definition) is 2. The van der Waals surface area contributed by atoms with Crippen molar-refractivity contribution >= 4 is 17.8 Å². The van der Waals surface area contributed by atoms with Gasteiger partial charge in [-0.2, -0.15) is 0 Å². The molecule has 0 bridgehead atoms. The maximum absolute atomic E-state index is 12.9. The number of rotatable bonds is 9. The summed E-state index contributed by atoms with van der Waals surface area (Å²) < 4.78 is 3.91. The molecule has 4 aromatic rings. The summed E-state index contributed by atoms with van der Waals surface area (Å²) in [4.78, 5) is 23.9. The summed E-state index contributed by atoms with van der Waals surface area (Å²) in [5.41, 5.74) is 6.65. The van der Waals surface area contributed by atoms with Crippen LogP contribution in [-0.2, 0) is 24.8 Å². The Labute approximate surface area is 199 Å². The van der Waals surface area contributed by atoms with Crippen molar-refractivity contribution in [1.29, 1.82) is 0 Å². The highest BCUT2D eigenvalue weighted by atomic mass is 16.4. The molecule has 2 heterocycles. The molecule has 0 atom stereocenters. The van der Waals surface area contributed by atoms with Gasteiger partial charge < -0.3 is 14.2 Å². The third-order valence-corrected chi connectivity index (χ3v) is 5.83. The molecule has 5 heteroatoms. The second kappa shape index (κ2) is 10.2. The molecule has 0 radical (unpaired) electrons. The molecule has 34 heavy (non-hydrogen) atoms. The molecule has 0 aliphatic carbocycles. The third-order valence-electron chi connectivity index (χ3n) is 5.83. The minimum Gasteiger partial charge on any atom is -0.481 e. The second-order valence-electron chi connectivity index (χ2n) is 8.53. The predicted octanol–water partition coefficient (Wildman–Crippen LogP) is 5.76. The molecule has 0 unspecified atom stereocenters. The molecule has 0 fully saturated rings. The van der Waals surface area contributed by atoms with Gasteiger partial charge in [0.1, 0.15) is 0 Å². The van der Waals surface area contributed by atoms with E-state index in [9.17, 15) is 9.59 Å². The van der Waals surface area contributed by atoms with Crippen molar-refractivity contribution in [3.63, 3.8) is 0 Å². The van der Waals surface area contributed by atoms with Crippen LogP contribution >= 0.6 is 0 Å². The Bertz CT molecular complexity index is 1340. The summed E-state index contributed by atoms with van der Waals surface area (Å²) in [6.07, 6.45) is 10.6. The normalized spacial score (nSPS) is 11.2. The Morgan fingerprint density at radius 1 is 1.00 bits per heavy atom. The lowest BCUT2D eigenvalue weighted by Gasteiger charge is -2.07. The zero-order valence-electron chi connectivity index (χ0n) is 19.4. The molecule has 0 saturated carbocycles. The lowest BCUT2D eigenvalue weighted by atomic mass is 9.99. The first-order valence-electron chi connectivity index (χ1n) is 11.3. The number of hydrogen-bond donors (Lipinski definition) is 1. The number of aryl methyl sites for hydroxylation is 3. The van der Waals surface area contributed by atoms with Crippen molar-refractivity contribution in [2.45, 2.75) is 26.3 Å².